The molecule has 3 amide bonds. The second-order valence-corrected chi connectivity index (χ2v) is 7.23. The van der Waals surface area contributed by atoms with Gasteiger partial charge in [0.2, 0.25) is 0 Å². The monoisotopic (exact) mass is 396 g/mol. The van der Waals surface area contributed by atoms with E-state index in [2.05, 4.69) is 5.32 Å². The van der Waals surface area contributed by atoms with Gasteiger partial charge in [-0.3, -0.25) is 19.3 Å². The van der Waals surface area contributed by atoms with E-state index in [1.807, 2.05) is 31.2 Å². The summed E-state index contributed by atoms with van der Waals surface area (Å²) in [7, 11) is 1.58. The number of rotatable bonds is 6. The number of amides is 3. The lowest BCUT2D eigenvalue weighted by molar-refractivity contribution is -0.122. The van der Waals surface area contributed by atoms with E-state index in [1.165, 1.54) is 0 Å². The van der Waals surface area contributed by atoms with Crippen LogP contribution in [0, 0.1) is 6.92 Å². The number of carbonyl (C=O) groups excluding carboxylic acids is 3. The van der Waals surface area contributed by atoms with Crippen molar-refractivity contribution in [3.63, 3.8) is 0 Å². The Bertz CT molecular complexity index is 938. The van der Waals surface area contributed by atoms with Crippen molar-refractivity contribution in [2.45, 2.75) is 6.92 Å². The summed E-state index contributed by atoms with van der Waals surface area (Å²) in [6.07, 6.45) is 1.68. The minimum Gasteiger partial charge on any atom is -0.497 e. The minimum atomic E-state index is -0.351. The van der Waals surface area contributed by atoms with E-state index < -0.39 is 0 Å². The molecule has 1 aliphatic heterocycles. The molecule has 3 rings (SSSR count). The third kappa shape index (κ3) is 4.61. The van der Waals surface area contributed by atoms with Crippen molar-refractivity contribution in [2.24, 2.45) is 0 Å². The van der Waals surface area contributed by atoms with Gasteiger partial charge < -0.3 is 10.1 Å². The van der Waals surface area contributed by atoms with E-state index in [9.17, 15) is 14.4 Å². The summed E-state index contributed by atoms with van der Waals surface area (Å²) in [4.78, 5) is 38.4. The van der Waals surface area contributed by atoms with E-state index in [1.54, 1.807) is 37.5 Å². The third-order valence-electron chi connectivity index (χ3n) is 4.19. The van der Waals surface area contributed by atoms with E-state index in [4.69, 9.17) is 4.74 Å². The van der Waals surface area contributed by atoms with Crippen LogP contribution in [0.5, 0.6) is 5.75 Å². The molecule has 1 saturated heterocycles. The number of nitrogens with zero attached hydrogens (tertiary/aromatic N) is 1. The molecule has 1 heterocycles. The van der Waals surface area contributed by atoms with E-state index in [0.717, 1.165) is 33.5 Å². The highest BCUT2D eigenvalue weighted by atomic mass is 32.2. The Hall–Kier alpha value is -3.06. The van der Waals surface area contributed by atoms with Crippen LogP contribution in [0.15, 0.2) is 53.4 Å². The van der Waals surface area contributed by atoms with Gasteiger partial charge in [-0.15, -0.1) is 0 Å². The topological polar surface area (TPSA) is 75.7 Å². The van der Waals surface area contributed by atoms with Gasteiger partial charge in [-0.2, -0.15) is 0 Å². The molecule has 0 aromatic heterocycles. The standard InChI is InChI=1S/C21H20N2O4S/c1-14-4-3-5-16(12-14)19(24)22-10-11-23-20(25)18(28-21(23)26)13-15-6-8-17(27-2)9-7-15/h3-9,12-13H,10-11H2,1-2H3,(H,22,24)/b18-13-. The van der Waals surface area contributed by atoms with Gasteiger partial charge in [0, 0.05) is 18.7 Å². The average molecular weight is 396 g/mol. The first kappa shape index (κ1) is 19.7. The lowest BCUT2D eigenvalue weighted by Gasteiger charge is -2.13. The Labute approximate surface area is 167 Å². The van der Waals surface area contributed by atoms with Gasteiger partial charge in [-0.05, 0) is 54.6 Å². The number of aryl methyl sites for hydroxylation is 1. The number of thioether (sulfide) groups is 1. The van der Waals surface area contributed by atoms with Gasteiger partial charge >= 0.3 is 0 Å². The fraction of sp³-hybridized carbons (Fsp3) is 0.190. The molecule has 2 aromatic carbocycles. The van der Waals surface area contributed by atoms with Gasteiger partial charge in [-0.25, -0.2) is 0 Å². The molecule has 0 spiro atoms. The van der Waals surface area contributed by atoms with Crippen molar-refractivity contribution in [2.75, 3.05) is 20.2 Å². The number of carbonyl (C=O) groups is 3. The van der Waals surface area contributed by atoms with Crippen molar-refractivity contribution in [3.05, 3.63) is 70.1 Å². The minimum absolute atomic E-state index is 0.127. The Morgan fingerprint density at radius 2 is 1.93 bits per heavy atom. The molecule has 0 saturated carbocycles. The number of methoxy groups -OCH3 is 1. The second kappa shape index (κ2) is 8.75. The molecule has 0 radical (unpaired) electrons. The molecule has 1 aliphatic rings. The summed E-state index contributed by atoms with van der Waals surface area (Å²) in [5, 5.41) is 2.41. The number of hydrogen-bond donors (Lipinski definition) is 1. The highest BCUT2D eigenvalue weighted by Gasteiger charge is 2.34. The molecule has 2 aromatic rings. The molecule has 0 unspecified atom stereocenters. The summed E-state index contributed by atoms with van der Waals surface area (Å²) < 4.78 is 5.11. The van der Waals surface area contributed by atoms with Gasteiger partial charge in [-0.1, -0.05) is 29.8 Å². The van der Waals surface area contributed by atoms with Crippen molar-refractivity contribution in [3.8, 4) is 5.75 Å². The maximum Gasteiger partial charge on any atom is 0.293 e. The predicted molar refractivity (Wildman–Crippen MR) is 109 cm³/mol. The zero-order chi connectivity index (χ0) is 20.1. The van der Waals surface area contributed by atoms with Gasteiger partial charge in [0.25, 0.3) is 17.1 Å². The highest BCUT2D eigenvalue weighted by Crippen LogP contribution is 2.32. The molecule has 7 heteroatoms. The van der Waals surface area contributed by atoms with Crippen LogP contribution in [-0.4, -0.2) is 42.2 Å². The van der Waals surface area contributed by atoms with Crippen LogP contribution in [0.25, 0.3) is 6.08 Å². The number of nitrogens with one attached hydrogen (secondary N) is 1. The lowest BCUT2D eigenvalue weighted by atomic mass is 10.1. The van der Waals surface area contributed by atoms with Gasteiger partial charge in [0.05, 0.1) is 12.0 Å². The molecule has 0 atom stereocenters. The fourth-order valence-corrected chi connectivity index (χ4v) is 3.58. The van der Waals surface area contributed by atoms with Crippen molar-refractivity contribution < 1.29 is 19.1 Å². The van der Waals surface area contributed by atoms with Crippen molar-refractivity contribution in [1.82, 2.24) is 10.2 Å². The molecular formula is C21H20N2O4S. The first-order valence-corrected chi connectivity index (χ1v) is 9.54. The zero-order valence-corrected chi connectivity index (χ0v) is 16.4. The van der Waals surface area contributed by atoms with Crippen LogP contribution in [-0.2, 0) is 4.79 Å². The molecule has 0 aliphatic carbocycles. The highest BCUT2D eigenvalue weighted by molar-refractivity contribution is 8.18. The number of hydrogen-bond acceptors (Lipinski definition) is 5. The SMILES string of the molecule is COc1ccc(/C=C2\SC(=O)N(CCNC(=O)c3cccc(C)c3)C2=O)cc1. The summed E-state index contributed by atoms with van der Waals surface area (Å²) in [6.45, 7) is 2.23. The molecule has 28 heavy (non-hydrogen) atoms. The van der Waals surface area contributed by atoms with Gasteiger partial charge in [0.1, 0.15) is 5.75 Å². The molecule has 0 bridgehead atoms. The maximum atomic E-state index is 12.5. The van der Waals surface area contributed by atoms with Gasteiger partial charge in [0.15, 0.2) is 0 Å². The number of ether oxygens (including phenoxy) is 1. The zero-order valence-electron chi connectivity index (χ0n) is 15.6. The van der Waals surface area contributed by atoms with Crippen LogP contribution in [0.4, 0.5) is 4.79 Å². The van der Waals surface area contributed by atoms with E-state index in [0.29, 0.717) is 10.5 Å². The fourth-order valence-electron chi connectivity index (χ4n) is 2.71. The number of imide groups is 1. The molecule has 6 nitrogen and oxygen atoms in total. The third-order valence-corrected chi connectivity index (χ3v) is 5.10. The normalized spacial score (nSPS) is 15.2. The second-order valence-electron chi connectivity index (χ2n) is 6.23. The smallest absolute Gasteiger partial charge is 0.293 e. The molecule has 144 valence electrons. The first-order valence-electron chi connectivity index (χ1n) is 8.72. The quantitative estimate of drug-likeness (QED) is 0.757. The largest absolute Gasteiger partial charge is 0.497 e. The lowest BCUT2D eigenvalue weighted by Crippen LogP contribution is -2.37. The molecule has 1 fully saturated rings. The summed E-state index contributed by atoms with van der Waals surface area (Å²) in [6, 6.07) is 14.4. The van der Waals surface area contributed by atoms with Crippen LogP contribution >= 0.6 is 11.8 Å². The average Bonchev–Trinajstić information content (AvgIpc) is 2.95. The molecular weight excluding hydrogens is 376 g/mol. The van der Waals surface area contributed by atoms with Crippen molar-refractivity contribution >= 4 is 34.9 Å². The van der Waals surface area contributed by atoms with Crippen LogP contribution in [0.3, 0.4) is 0 Å². The van der Waals surface area contributed by atoms with E-state index in [-0.39, 0.29) is 30.1 Å². The molecule has 1 N–H and O–H groups in total. The predicted octanol–water partition coefficient (Wildman–Crippen LogP) is 3.47. The maximum absolute atomic E-state index is 12.5. The van der Waals surface area contributed by atoms with Crippen LogP contribution in [0.1, 0.15) is 21.5 Å². The summed E-state index contributed by atoms with van der Waals surface area (Å²) >= 11 is 0.898. The van der Waals surface area contributed by atoms with Crippen LogP contribution in [0.2, 0.25) is 0 Å². The Morgan fingerprint density at radius 1 is 1.18 bits per heavy atom. The number of benzene rings is 2. The Kier molecular flexibility index (Phi) is 6.16. The Morgan fingerprint density at radius 3 is 2.61 bits per heavy atom. The summed E-state index contributed by atoms with van der Waals surface area (Å²) in [5.74, 6) is 0.134. The first-order chi connectivity index (χ1) is 13.5. The van der Waals surface area contributed by atoms with E-state index >= 15 is 0 Å². The Balaban J connectivity index is 1.59. The summed E-state index contributed by atoms with van der Waals surface area (Å²) in [5.41, 5.74) is 2.34. The van der Waals surface area contributed by atoms with Crippen LogP contribution < -0.4 is 10.1 Å². The van der Waals surface area contributed by atoms with Crippen molar-refractivity contribution in [1.29, 1.82) is 0 Å².